The molecule has 84 valence electrons. The Labute approximate surface area is 93.0 Å². The van der Waals surface area contributed by atoms with Crippen LogP contribution >= 0.6 is 0 Å². The van der Waals surface area contributed by atoms with Crippen molar-refractivity contribution < 1.29 is 0 Å². The molecule has 0 aliphatic carbocycles. The average Bonchev–Trinajstić information content (AvgIpc) is 2.65. The quantitative estimate of drug-likeness (QED) is 0.760. The van der Waals surface area contributed by atoms with Crippen LogP contribution in [-0.4, -0.2) is 19.3 Å². The number of hydrogen-bond donors (Lipinski definition) is 0. The van der Waals surface area contributed by atoms with Crippen LogP contribution < -0.4 is 5.56 Å². The van der Waals surface area contributed by atoms with Gasteiger partial charge in [-0.2, -0.15) is 5.10 Å². The van der Waals surface area contributed by atoms with Gasteiger partial charge < -0.3 is 0 Å². The number of fused-ring (bicyclic) bond motifs is 1. The molecule has 0 saturated carbocycles. The van der Waals surface area contributed by atoms with Crippen molar-refractivity contribution in [2.75, 3.05) is 0 Å². The minimum atomic E-state index is -0.0808. The van der Waals surface area contributed by atoms with Gasteiger partial charge in [-0.15, -0.1) is 0 Å². The van der Waals surface area contributed by atoms with E-state index in [9.17, 15) is 4.79 Å². The molecule has 2 aromatic heterocycles. The van der Waals surface area contributed by atoms with Gasteiger partial charge in [-0.1, -0.05) is 6.58 Å². The molecule has 2 aromatic rings. The summed E-state index contributed by atoms with van der Waals surface area (Å²) in [7, 11) is 1.70. The Kier molecular flexibility index (Phi) is 2.38. The van der Waals surface area contributed by atoms with E-state index in [1.807, 2.05) is 13.8 Å². The van der Waals surface area contributed by atoms with Crippen LogP contribution in [0, 0.1) is 0 Å². The Balaban J connectivity index is 2.91. The second-order valence-corrected chi connectivity index (χ2v) is 3.78. The molecule has 16 heavy (non-hydrogen) atoms. The largest absolute Gasteiger partial charge is 0.295 e. The van der Waals surface area contributed by atoms with E-state index >= 15 is 0 Å². The molecule has 0 atom stereocenters. The van der Waals surface area contributed by atoms with Crippen LogP contribution in [0.4, 0.5) is 0 Å². The molecule has 5 nitrogen and oxygen atoms in total. The van der Waals surface area contributed by atoms with E-state index in [0.717, 1.165) is 5.57 Å². The van der Waals surface area contributed by atoms with Crippen LogP contribution in [0.15, 0.2) is 17.6 Å². The maximum absolute atomic E-state index is 12.0. The van der Waals surface area contributed by atoms with Gasteiger partial charge in [-0.05, 0) is 19.4 Å². The Hall–Kier alpha value is -1.91. The normalized spacial score (nSPS) is 10.9. The monoisotopic (exact) mass is 218 g/mol. The summed E-state index contributed by atoms with van der Waals surface area (Å²) in [6.07, 6.45) is 1.57. The van der Waals surface area contributed by atoms with Crippen LogP contribution in [0.1, 0.15) is 19.7 Å². The topological polar surface area (TPSA) is 52.7 Å². The lowest BCUT2D eigenvalue weighted by atomic mass is 10.3. The number of aryl methyl sites for hydroxylation is 1. The third kappa shape index (κ3) is 1.36. The smallest absolute Gasteiger partial charge is 0.264 e. The second-order valence-electron chi connectivity index (χ2n) is 3.78. The van der Waals surface area contributed by atoms with E-state index in [-0.39, 0.29) is 5.56 Å². The van der Waals surface area contributed by atoms with Gasteiger partial charge in [0.05, 0.1) is 6.20 Å². The second kappa shape index (κ2) is 3.59. The highest BCUT2D eigenvalue weighted by molar-refractivity contribution is 5.75. The molecule has 5 heteroatoms. The summed E-state index contributed by atoms with van der Waals surface area (Å²) in [5.74, 6) is 0.604. The lowest BCUT2D eigenvalue weighted by molar-refractivity contribution is 0.673. The molecule has 0 aliphatic heterocycles. The Morgan fingerprint density at radius 1 is 1.56 bits per heavy atom. The predicted octanol–water partition coefficient (Wildman–Crippen LogP) is 1.18. The van der Waals surface area contributed by atoms with Gasteiger partial charge in [0.1, 0.15) is 11.2 Å². The summed E-state index contributed by atoms with van der Waals surface area (Å²) in [5, 5.41) is 4.68. The highest BCUT2D eigenvalue weighted by Gasteiger charge is 2.12. The first-order chi connectivity index (χ1) is 7.56. The van der Waals surface area contributed by atoms with Crippen LogP contribution in [-0.2, 0) is 13.6 Å². The molecule has 0 spiro atoms. The SMILES string of the molecule is C=C(C)c1nc2c(cnn2CC)c(=O)n1C. The van der Waals surface area contributed by atoms with Gasteiger partial charge >= 0.3 is 0 Å². The molecule has 0 radical (unpaired) electrons. The molecule has 0 aliphatic rings. The molecule has 0 bridgehead atoms. The highest BCUT2D eigenvalue weighted by Crippen LogP contribution is 2.11. The van der Waals surface area contributed by atoms with Crippen molar-refractivity contribution in [3.63, 3.8) is 0 Å². The van der Waals surface area contributed by atoms with E-state index in [4.69, 9.17) is 0 Å². The number of aromatic nitrogens is 4. The fourth-order valence-corrected chi connectivity index (χ4v) is 1.71. The van der Waals surface area contributed by atoms with Crippen molar-refractivity contribution in [2.24, 2.45) is 7.05 Å². The zero-order chi connectivity index (χ0) is 11.9. The van der Waals surface area contributed by atoms with E-state index in [1.165, 1.54) is 4.57 Å². The molecule has 2 rings (SSSR count). The molecular weight excluding hydrogens is 204 g/mol. The van der Waals surface area contributed by atoms with Gasteiger partial charge in [0.25, 0.3) is 5.56 Å². The first-order valence-electron chi connectivity index (χ1n) is 5.14. The minimum Gasteiger partial charge on any atom is -0.295 e. The van der Waals surface area contributed by atoms with Gasteiger partial charge in [-0.25, -0.2) is 9.67 Å². The van der Waals surface area contributed by atoms with Crippen molar-refractivity contribution in [2.45, 2.75) is 20.4 Å². The molecule has 0 fully saturated rings. The summed E-state index contributed by atoms with van der Waals surface area (Å²) in [5.41, 5.74) is 1.32. The first kappa shape index (κ1) is 10.6. The van der Waals surface area contributed by atoms with Crippen molar-refractivity contribution in [3.05, 3.63) is 29.0 Å². The molecule has 0 N–H and O–H groups in total. The van der Waals surface area contributed by atoms with Crippen molar-refractivity contribution in [3.8, 4) is 0 Å². The van der Waals surface area contributed by atoms with Crippen molar-refractivity contribution >= 4 is 16.6 Å². The summed E-state index contributed by atoms with van der Waals surface area (Å²) in [6, 6.07) is 0. The van der Waals surface area contributed by atoms with Gasteiger partial charge in [0.2, 0.25) is 0 Å². The lowest BCUT2D eigenvalue weighted by Gasteiger charge is -2.07. The Morgan fingerprint density at radius 2 is 2.25 bits per heavy atom. The highest BCUT2D eigenvalue weighted by atomic mass is 16.1. The standard InChI is InChI=1S/C11H14N4O/c1-5-15-10-8(6-12-15)11(16)14(4)9(13-10)7(2)3/h6H,2,5H2,1,3-4H3. The summed E-state index contributed by atoms with van der Waals surface area (Å²) < 4.78 is 3.22. The molecule has 2 heterocycles. The minimum absolute atomic E-state index is 0.0808. The zero-order valence-corrected chi connectivity index (χ0v) is 9.69. The molecule has 0 saturated heterocycles. The first-order valence-corrected chi connectivity index (χ1v) is 5.14. The average molecular weight is 218 g/mol. The number of hydrogen-bond acceptors (Lipinski definition) is 3. The summed E-state index contributed by atoms with van der Waals surface area (Å²) in [6.45, 7) is 8.31. The van der Waals surface area contributed by atoms with E-state index in [1.54, 1.807) is 17.9 Å². The lowest BCUT2D eigenvalue weighted by Crippen LogP contribution is -2.21. The van der Waals surface area contributed by atoms with Gasteiger partial charge in [0.15, 0.2) is 5.65 Å². The molecule has 0 aromatic carbocycles. The summed E-state index contributed by atoms with van der Waals surface area (Å²) >= 11 is 0. The van der Waals surface area contributed by atoms with Crippen LogP contribution in [0.2, 0.25) is 0 Å². The molecule has 0 unspecified atom stereocenters. The fraction of sp³-hybridized carbons (Fsp3) is 0.364. The van der Waals surface area contributed by atoms with Crippen LogP contribution in [0.5, 0.6) is 0 Å². The maximum atomic E-state index is 12.0. The summed E-state index contributed by atoms with van der Waals surface area (Å²) in [4.78, 5) is 16.4. The van der Waals surface area contributed by atoms with Crippen molar-refractivity contribution in [1.29, 1.82) is 0 Å². The Morgan fingerprint density at radius 3 is 2.81 bits per heavy atom. The van der Waals surface area contributed by atoms with Gasteiger partial charge in [0, 0.05) is 13.6 Å². The van der Waals surface area contributed by atoms with Gasteiger partial charge in [-0.3, -0.25) is 9.36 Å². The van der Waals surface area contributed by atoms with Crippen LogP contribution in [0.25, 0.3) is 16.6 Å². The fourth-order valence-electron chi connectivity index (χ4n) is 1.71. The zero-order valence-electron chi connectivity index (χ0n) is 9.69. The third-order valence-electron chi connectivity index (χ3n) is 2.56. The van der Waals surface area contributed by atoms with E-state index in [0.29, 0.717) is 23.4 Å². The molecule has 0 amide bonds. The number of allylic oxidation sites excluding steroid dienone is 1. The number of rotatable bonds is 2. The maximum Gasteiger partial charge on any atom is 0.264 e. The number of nitrogens with zero attached hydrogens (tertiary/aromatic N) is 4. The molecular formula is C11H14N4O. The predicted molar refractivity (Wildman–Crippen MR) is 63.2 cm³/mol. The van der Waals surface area contributed by atoms with E-state index < -0.39 is 0 Å². The van der Waals surface area contributed by atoms with Crippen molar-refractivity contribution in [1.82, 2.24) is 19.3 Å². The Bertz CT molecular complexity index is 621. The van der Waals surface area contributed by atoms with E-state index in [2.05, 4.69) is 16.7 Å². The third-order valence-corrected chi connectivity index (χ3v) is 2.56. The van der Waals surface area contributed by atoms with Crippen LogP contribution in [0.3, 0.4) is 0 Å².